The van der Waals surface area contributed by atoms with Crippen molar-refractivity contribution in [3.63, 3.8) is 0 Å². The van der Waals surface area contributed by atoms with Crippen LogP contribution in [0.3, 0.4) is 0 Å². The molecule has 8 nitrogen and oxygen atoms in total. The van der Waals surface area contributed by atoms with Crippen LogP contribution in [0.15, 0.2) is 23.2 Å². The number of rotatable bonds is 8. The van der Waals surface area contributed by atoms with Crippen LogP contribution in [0.25, 0.3) is 0 Å². The van der Waals surface area contributed by atoms with Crippen molar-refractivity contribution in [1.29, 1.82) is 0 Å². The lowest BCUT2D eigenvalue weighted by Crippen LogP contribution is -2.42. The molecule has 2 N–H and O–H groups in total. The van der Waals surface area contributed by atoms with Gasteiger partial charge >= 0.3 is 0 Å². The minimum absolute atomic E-state index is 0. The fourth-order valence-corrected chi connectivity index (χ4v) is 4.20. The van der Waals surface area contributed by atoms with E-state index < -0.39 is 0 Å². The van der Waals surface area contributed by atoms with Crippen molar-refractivity contribution in [2.75, 3.05) is 19.8 Å². The molecule has 0 amide bonds. The van der Waals surface area contributed by atoms with Gasteiger partial charge in [0.15, 0.2) is 11.8 Å². The number of aryl methyl sites for hydroxylation is 2. The van der Waals surface area contributed by atoms with Crippen molar-refractivity contribution in [3.8, 4) is 5.75 Å². The first-order valence-corrected chi connectivity index (χ1v) is 11.8. The summed E-state index contributed by atoms with van der Waals surface area (Å²) in [7, 11) is 1.98. The van der Waals surface area contributed by atoms with Crippen molar-refractivity contribution < 1.29 is 9.47 Å². The van der Waals surface area contributed by atoms with Crippen LogP contribution in [0.2, 0.25) is 0 Å². The van der Waals surface area contributed by atoms with Gasteiger partial charge in [-0.1, -0.05) is 25.0 Å². The van der Waals surface area contributed by atoms with Gasteiger partial charge in [-0.25, -0.2) is 4.99 Å². The van der Waals surface area contributed by atoms with E-state index in [1.165, 1.54) is 31.2 Å². The maximum absolute atomic E-state index is 6.20. The highest BCUT2D eigenvalue weighted by Gasteiger charge is 2.18. The number of hydrogen-bond donors (Lipinski definition) is 2. The van der Waals surface area contributed by atoms with Crippen molar-refractivity contribution >= 4 is 29.9 Å². The topological polar surface area (TPSA) is 85.6 Å². The molecule has 1 unspecified atom stereocenters. The molecule has 1 aromatic carbocycles. The Hall–Kier alpha value is -1.88. The monoisotopic (exact) mass is 568 g/mol. The van der Waals surface area contributed by atoms with Crippen LogP contribution >= 0.6 is 24.0 Å². The Morgan fingerprint density at radius 1 is 1.21 bits per heavy atom. The molecule has 182 valence electrons. The maximum atomic E-state index is 6.20. The molecule has 1 atom stereocenters. The van der Waals surface area contributed by atoms with Crippen LogP contribution in [0.5, 0.6) is 5.75 Å². The van der Waals surface area contributed by atoms with Crippen LogP contribution in [-0.2, 0) is 24.9 Å². The quantitative estimate of drug-likeness (QED) is 0.288. The second kappa shape index (κ2) is 12.5. The van der Waals surface area contributed by atoms with Gasteiger partial charge in [-0.3, -0.25) is 0 Å². The summed E-state index contributed by atoms with van der Waals surface area (Å²) in [6, 6.07) is 6.83. The predicted octanol–water partition coefficient (Wildman–Crippen LogP) is 3.64. The van der Waals surface area contributed by atoms with Crippen LogP contribution in [0, 0.1) is 19.8 Å². The SMILES string of the molecule is Cc1ccc(CN=C(NCc2nnc(C)n2C)NC2CCCC2)c(OCC2CCOC2)c1.I. The van der Waals surface area contributed by atoms with Gasteiger partial charge in [0.2, 0.25) is 0 Å². The lowest BCUT2D eigenvalue weighted by atomic mass is 10.1. The Bertz CT molecular complexity index is 920. The fraction of sp³-hybridized carbons (Fsp3) is 0.625. The Morgan fingerprint density at radius 3 is 2.73 bits per heavy atom. The van der Waals surface area contributed by atoms with Crippen LogP contribution in [0.4, 0.5) is 0 Å². The third kappa shape index (κ3) is 7.30. The molecule has 33 heavy (non-hydrogen) atoms. The Balaban J connectivity index is 0.00000306. The van der Waals surface area contributed by atoms with E-state index in [1.807, 2.05) is 18.5 Å². The molecule has 0 spiro atoms. The van der Waals surface area contributed by atoms with Gasteiger partial charge in [0.25, 0.3) is 0 Å². The predicted molar refractivity (Wildman–Crippen MR) is 140 cm³/mol. The number of benzene rings is 1. The maximum Gasteiger partial charge on any atom is 0.192 e. The summed E-state index contributed by atoms with van der Waals surface area (Å²) in [4.78, 5) is 4.91. The van der Waals surface area contributed by atoms with Crippen LogP contribution in [-0.4, -0.2) is 46.6 Å². The van der Waals surface area contributed by atoms with E-state index in [0.29, 0.717) is 31.7 Å². The average molecular weight is 569 g/mol. The van der Waals surface area contributed by atoms with E-state index >= 15 is 0 Å². The number of guanidine groups is 1. The molecular formula is C24H37IN6O2. The molecule has 1 aromatic heterocycles. The second-order valence-corrected chi connectivity index (χ2v) is 9.02. The van der Waals surface area contributed by atoms with Crippen molar-refractivity contribution in [2.24, 2.45) is 18.0 Å². The zero-order valence-electron chi connectivity index (χ0n) is 20.0. The van der Waals surface area contributed by atoms with Crippen LogP contribution < -0.4 is 15.4 Å². The fourth-order valence-electron chi connectivity index (χ4n) is 4.20. The summed E-state index contributed by atoms with van der Waals surface area (Å²) in [5.41, 5.74) is 2.28. The number of halogens is 1. The summed E-state index contributed by atoms with van der Waals surface area (Å²) in [5.74, 6) is 4.00. The molecule has 0 bridgehead atoms. The summed E-state index contributed by atoms with van der Waals surface area (Å²) in [5, 5.41) is 15.5. The Morgan fingerprint density at radius 2 is 2.03 bits per heavy atom. The van der Waals surface area contributed by atoms with Gasteiger partial charge in [0.1, 0.15) is 11.6 Å². The zero-order chi connectivity index (χ0) is 22.3. The molecule has 0 radical (unpaired) electrons. The first-order valence-electron chi connectivity index (χ1n) is 11.8. The Kier molecular flexibility index (Phi) is 9.78. The van der Waals surface area contributed by atoms with Crippen molar-refractivity contribution in [1.82, 2.24) is 25.4 Å². The van der Waals surface area contributed by atoms with E-state index in [0.717, 1.165) is 48.6 Å². The summed E-state index contributed by atoms with van der Waals surface area (Å²) in [6.07, 6.45) is 5.99. The minimum atomic E-state index is 0. The molecule has 2 fully saturated rings. The van der Waals surface area contributed by atoms with Gasteiger partial charge in [-0.15, -0.1) is 34.2 Å². The average Bonchev–Trinajstić information content (AvgIpc) is 3.55. The second-order valence-electron chi connectivity index (χ2n) is 9.02. The number of aliphatic imine (C=N–C) groups is 1. The number of ether oxygens (including phenoxy) is 2. The molecule has 1 aliphatic heterocycles. The number of nitrogens with one attached hydrogen (secondary N) is 2. The van der Waals surface area contributed by atoms with E-state index in [4.69, 9.17) is 14.5 Å². The summed E-state index contributed by atoms with van der Waals surface area (Å²) >= 11 is 0. The molecule has 1 saturated carbocycles. The van der Waals surface area contributed by atoms with Crippen molar-refractivity contribution in [3.05, 3.63) is 41.0 Å². The highest BCUT2D eigenvalue weighted by atomic mass is 127. The molecule has 1 aliphatic carbocycles. The van der Waals surface area contributed by atoms with Gasteiger partial charge < -0.3 is 24.7 Å². The first-order chi connectivity index (χ1) is 15.6. The van der Waals surface area contributed by atoms with E-state index in [-0.39, 0.29) is 24.0 Å². The number of hydrogen-bond acceptors (Lipinski definition) is 5. The largest absolute Gasteiger partial charge is 0.493 e. The van der Waals surface area contributed by atoms with Gasteiger partial charge in [-0.2, -0.15) is 0 Å². The number of nitrogens with zero attached hydrogens (tertiary/aromatic N) is 4. The molecule has 2 aliphatic rings. The van der Waals surface area contributed by atoms with Gasteiger partial charge in [0.05, 0.1) is 26.3 Å². The highest BCUT2D eigenvalue weighted by molar-refractivity contribution is 14.0. The normalized spacial score (nSPS) is 18.9. The third-order valence-electron chi connectivity index (χ3n) is 6.42. The molecule has 2 heterocycles. The van der Waals surface area contributed by atoms with E-state index in [2.05, 4.69) is 46.0 Å². The lowest BCUT2D eigenvalue weighted by Gasteiger charge is -2.18. The van der Waals surface area contributed by atoms with E-state index in [1.54, 1.807) is 0 Å². The van der Waals surface area contributed by atoms with Crippen LogP contribution in [0.1, 0.15) is 54.9 Å². The summed E-state index contributed by atoms with van der Waals surface area (Å²) in [6.45, 7) is 7.50. The number of aromatic nitrogens is 3. The Labute approximate surface area is 214 Å². The molecular weight excluding hydrogens is 531 g/mol. The van der Waals surface area contributed by atoms with Gasteiger partial charge in [-0.05, 0) is 44.7 Å². The molecule has 9 heteroatoms. The van der Waals surface area contributed by atoms with Crippen molar-refractivity contribution in [2.45, 2.75) is 65.1 Å². The van der Waals surface area contributed by atoms with E-state index in [9.17, 15) is 0 Å². The molecule has 2 aromatic rings. The minimum Gasteiger partial charge on any atom is -0.493 e. The third-order valence-corrected chi connectivity index (χ3v) is 6.42. The smallest absolute Gasteiger partial charge is 0.192 e. The molecule has 4 rings (SSSR count). The molecule has 1 saturated heterocycles. The lowest BCUT2D eigenvalue weighted by molar-refractivity contribution is 0.166. The van der Waals surface area contributed by atoms with Gasteiger partial charge in [0, 0.05) is 31.2 Å². The first kappa shape index (κ1) is 25.7. The summed E-state index contributed by atoms with van der Waals surface area (Å²) < 4.78 is 13.7. The highest BCUT2D eigenvalue weighted by Crippen LogP contribution is 2.24. The standard InChI is InChI=1S/C24H36N6O2.HI/c1-17-8-9-20(22(12-17)32-16-19-10-11-31-15-19)13-25-24(27-21-6-4-5-7-21)26-14-23-29-28-18(2)30(23)3;/h8-9,12,19,21H,4-7,10-11,13-16H2,1-3H3,(H2,25,26,27);1H. The zero-order valence-corrected chi connectivity index (χ0v) is 22.3.